The van der Waals surface area contributed by atoms with Crippen molar-refractivity contribution in [2.75, 3.05) is 25.6 Å². The molecule has 1 heterocycles. The minimum atomic E-state index is -0.209. The van der Waals surface area contributed by atoms with Gasteiger partial charge in [-0.2, -0.15) is 0 Å². The molecular weight excluding hydrogens is 336 g/mol. The van der Waals surface area contributed by atoms with Crippen molar-refractivity contribution in [3.8, 4) is 5.75 Å². The van der Waals surface area contributed by atoms with Crippen LogP contribution in [-0.2, 0) is 9.59 Å². The summed E-state index contributed by atoms with van der Waals surface area (Å²) in [6.45, 7) is -0.00708. The Morgan fingerprint density at radius 1 is 1.20 bits per heavy atom. The highest BCUT2D eigenvalue weighted by Gasteiger charge is 2.30. The zero-order chi connectivity index (χ0) is 17.8. The molecular formula is C19H18N2O3S. The number of amides is 2. The molecule has 6 heteroatoms. The molecule has 0 bridgehead atoms. The molecule has 1 aliphatic heterocycles. The summed E-state index contributed by atoms with van der Waals surface area (Å²) in [5.41, 5.74) is 1.66. The summed E-state index contributed by atoms with van der Waals surface area (Å²) in [4.78, 5) is 27.8. The molecule has 3 rings (SSSR count). The highest BCUT2D eigenvalue weighted by Crippen LogP contribution is 2.41. The predicted molar refractivity (Wildman–Crippen MR) is 99.7 cm³/mol. The standard InChI is InChI=1S/C19H18N2O3S/c1-20-18(22)12-21-15-5-3-4-6-16(15)25-17(19(21)23)11-13-7-9-14(24-2)10-8-13/h3-11H,12H2,1-2H3,(H,20,22)/b17-11-. The summed E-state index contributed by atoms with van der Waals surface area (Å²) in [6.07, 6.45) is 1.83. The summed E-state index contributed by atoms with van der Waals surface area (Å²) in [7, 11) is 3.17. The molecule has 2 aromatic rings. The highest BCUT2D eigenvalue weighted by molar-refractivity contribution is 8.04. The fraction of sp³-hybridized carbons (Fsp3) is 0.158. The topological polar surface area (TPSA) is 58.6 Å². The molecule has 0 saturated heterocycles. The van der Waals surface area contributed by atoms with Crippen LogP contribution in [0.5, 0.6) is 5.75 Å². The lowest BCUT2D eigenvalue weighted by molar-refractivity contribution is -0.122. The highest BCUT2D eigenvalue weighted by atomic mass is 32.2. The molecule has 25 heavy (non-hydrogen) atoms. The Hall–Kier alpha value is -2.73. The van der Waals surface area contributed by atoms with Crippen molar-refractivity contribution in [3.05, 3.63) is 59.0 Å². The van der Waals surface area contributed by atoms with Gasteiger partial charge in [0.2, 0.25) is 5.91 Å². The van der Waals surface area contributed by atoms with E-state index in [1.54, 1.807) is 14.2 Å². The molecule has 1 aliphatic rings. The van der Waals surface area contributed by atoms with E-state index < -0.39 is 0 Å². The average Bonchev–Trinajstić information content (AvgIpc) is 2.65. The van der Waals surface area contributed by atoms with E-state index in [1.807, 2.05) is 54.6 Å². The Morgan fingerprint density at radius 2 is 1.92 bits per heavy atom. The maximum absolute atomic E-state index is 12.9. The number of thioether (sulfide) groups is 1. The van der Waals surface area contributed by atoms with Crippen molar-refractivity contribution in [2.45, 2.75) is 4.90 Å². The van der Waals surface area contributed by atoms with Crippen LogP contribution in [0.3, 0.4) is 0 Å². The van der Waals surface area contributed by atoms with E-state index in [1.165, 1.54) is 16.7 Å². The smallest absolute Gasteiger partial charge is 0.265 e. The zero-order valence-corrected chi connectivity index (χ0v) is 14.8. The Morgan fingerprint density at radius 3 is 2.60 bits per heavy atom. The van der Waals surface area contributed by atoms with Crippen LogP contribution in [0.1, 0.15) is 5.56 Å². The summed E-state index contributed by atoms with van der Waals surface area (Å²) < 4.78 is 5.15. The first-order valence-electron chi connectivity index (χ1n) is 7.77. The molecule has 0 atom stereocenters. The number of anilines is 1. The van der Waals surface area contributed by atoms with Gasteiger partial charge in [-0.3, -0.25) is 14.5 Å². The molecule has 0 aromatic heterocycles. The van der Waals surface area contributed by atoms with Crippen molar-refractivity contribution in [1.29, 1.82) is 0 Å². The number of carbonyl (C=O) groups is 2. The molecule has 1 N–H and O–H groups in total. The largest absolute Gasteiger partial charge is 0.497 e. The van der Waals surface area contributed by atoms with Crippen LogP contribution in [0.25, 0.3) is 6.08 Å². The lowest BCUT2D eigenvalue weighted by Crippen LogP contribution is -2.41. The average molecular weight is 354 g/mol. The van der Waals surface area contributed by atoms with E-state index in [0.29, 0.717) is 4.91 Å². The van der Waals surface area contributed by atoms with Gasteiger partial charge in [-0.25, -0.2) is 0 Å². The van der Waals surface area contributed by atoms with Crippen molar-refractivity contribution in [3.63, 3.8) is 0 Å². The number of para-hydroxylation sites is 1. The van der Waals surface area contributed by atoms with Gasteiger partial charge in [-0.05, 0) is 35.9 Å². The number of rotatable bonds is 4. The van der Waals surface area contributed by atoms with Crippen molar-refractivity contribution in [2.24, 2.45) is 0 Å². The van der Waals surface area contributed by atoms with E-state index in [0.717, 1.165) is 21.9 Å². The molecule has 0 fully saturated rings. The first-order valence-corrected chi connectivity index (χ1v) is 8.59. The predicted octanol–water partition coefficient (Wildman–Crippen LogP) is 2.92. The van der Waals surface area contributed by atoms with Crippen molar-refractivity contribution < 1.29 is 14.3 Å². The molecule has 5 nitrogen and oxygen atoms in total. The summed E-state index contributed by atoms with van der Waals surface area (Å²) in [5.74, 6) is 0.373. The molecule has 0 spiro atoms. The van der Waals surface area contributed by atoms with Crippen LogP contribution in [-0.4, -0.2) is 32.5 Å². The third-order valence-electron chi connectivity index (χ3n) is 3.83. The maximum Gasteiger partial charge on any atom is 0.265 e. The van der Waals surface area contributed by atoms with E-state index in [2.05, 4.69) is 5.32 Å². The molecule has 2 amide bonds. The number of likely N-dealkylation sites (N-methyl/N-ethyl adjacent to an activating group) is 1. The second-order valence-electron chi connectivity index (χ2n) is 5.42. The Labute approximate surface area is 150 Å². The number of fused-ring (bicyclic) bond motifs is 1. The van der Waals surface area contributed by atoms with Gasteiger partial charge in [0.15, 0.2) is 0 Å². The van der Waals surface area contributed by atoms with Crippen LogP contribution in [0.4, 0.5) is 5.69 Å². The molecule has 0 saturated carbocycles. The summed E-state index contributed by atoms with van der Waals surface area (Å²) in [6, 6.07) is 15.1. The van der Waals surface area contributed by atoms with Crippen LogP contribution < -0.4 is 15.0 Å². The van der Waals surface area contributed by atoms with E-state index >= 15 is 0 Å². The SMILES string of the molecule is CNC(=O)CN1C(=O)/C(=C/c2ccc(OC)cc2)Sc2ccccc21. The van der Waals surface area contributed by atoms with Gasteiger partial charge in [0.25, 0.3) is 5.91 Å². The Bertz CT molecular complexity index is 831. The first-order chi connectivity index (χ1) is 12.1. The van der Waals surface area contributed by atoms with Gasteiger partial charge in [-0.1, -0.05) is 36.0 Å². The van der Waals surface area contributed by atoms with Gasteiger partial charge >= 0.3 is 0 Å². The first kappa shape index (κ1) is 17.1. The van der Waals surface area contributed by atoms with Gasteiger partial charge in [-0.15, -0.1) is 0 Å². The zero-order valence-electron chi connectivity index (χ0n) is 14.0. The fourth-order valence-corrected chi connectivity index (χ4v) is 3.55. The number of methoxy groups -OCH3 is 1. The molecule has 0 unspecified atom stereocenters. The number of nitrogens with one attached hydrogen (secondary N) is 1. The maximum atomic E-state index is 12.9. The Kier molecular flexibility index (Phi) is 5.09. The molecule has 0 radical (unpaired) electrons. The number of benzene rings is 2. The third kappa shape index (κ3) is 3.69. The second kappa shape index (κ2) is 7.44. The lowest BCUT2D eigenvalue weighted by Gasteiger charge is -2.29. The number of nitrogens with zero attached hydrogens (tertiary/aromatic N) is 1. The van der Waals surface area contributed by atoms with E-state index in [-0.39, 0.29) is 18.4 Å². The monoisotopic (exact) mass is 354 g/mol. The van der Waals surface area contributed by atoms with Crippen LogP contribution >= 0.6 is 11.8 Å². The molecule has 2 aromatic carbocycles. The number of carbonyl (C=O) groups excluding carboxylic acids is 2. The fourth-order valence-electron chi connectivity index (χ4n) is 2.49. The number of hydrogen-bond donors (Lipinski definition) is 1. The quantitative estimate of drug-likeness (QED) is 0.858. The lowest BCUT2D eigenvalue weighted by atomic mass is 10.2. The minimum absolute atomic E-state index is 0.00708. The van der Waals surface area contributed by atoms with Crippen molar-refractivity contribution >= 4 is 35.3 Å². The van der Waals surface area contributed by atoms with Crippen LogP contribution in [0, 0.1) is 0 Å². The third-order valence-corrected chi connectivity index (χ3v) is 4.90. The van der Waals surface area contributed by atoms with Crippen LogP contribution in [0.2, 0.25) is 0 Å². The van der Waals surface area contributed by atoms with Crippen LogP contribution in [0.15, 0.2) is 58.3 Å². The molecule has 0 aliphatic carbocycles. The minimum Gasteiger partial charge on any atom is -0.497 e. The number of hydrogen-bond acceptors (Lipinski definition) is 4. The van der Waals surface area contributed by atoms with E-state index in [9.17, 15) is 9.59 Å². The van der Waals surface area contributed by atoms with Gasteiger partial charge in [0.1, 0.15) is 12.3 Å². The molecule has 128 valence electrons. The summed E-state index contributed by atoms with van der Waals surface area (Å²) >= 11 is 1.42. The van der Waals surface area contributed by atoms with Crippen molar-refractivity contribution in [1.82, 2.24) is 5.32 Å². The van der Waals surface area contributed by atoms with Gasteiger partial charge in [0.05, 0.1) is 17.7 Å². The normalized spacial score (nSPS) is 15.0. The number of ether oxygens (including phenoxy) is 1. The second-order valence-corrected chi connectivity index (χ2v) is 6.50. The van der Waals surface area contributed by atoms with Gasteiger partial charge in [0, 0.05) is 11.9 Å². The summed E-state index contributed by atoms with van der Waals surface area (Å²) in [5, 5.41) is 2.57. The van der Waals surface area contributed by atoms with Gasteiger partial charge < -0.3 is 10.1 Å². The Balaban J connectivity index is 1.97. The van der Waals surface area contributed by atoms with E-state index in [4.69, 9.17) is 4.74 Å².